The molecular formula is C8H7F2O3P. The molecule has 1 aromatic rings. The highest BCUT2D eigenvalue weighted by molar-refractivity contribution is 7.62. The number of hydrogen-bond donors (Lipinski definition) is 0. The van der Waals surface area contributed by atoms with Crippen molar-refractivity contribution in [2.24, 2.45) is 0 Å². The standard InChI is InChI=1S/C8H7F2O3P/c9-6-2-1-3-7(8(6)10)14(11)12-4-5-13-14/h1-3H,4-5H2. The van der Waals surface area contributed by atoms with Crippen LogP contribution in [0.25, 0.3) is 0 Å². The molecule has 14 heavy (non-hydrogen) atoms. The van der Waals surface area contributed by atoms with Crippen LogP contribution >= 0.6 is 7.60 Å². The van der Waals surface area contributed by atoms with Crippen molar-refractivity contribution in [3.05, 3.63) is 29.8 Å². The average molecular weight is 220 g/mol. The molecule has 2 rings (SSSR count). The van der Waals surface area contributed by atoms with E-state index in [9.17, 15) is 13.3 Å². The fraction of sp³-hybridized carbons (Fsp3) is 0.250. The van der Waals surface area contributed by atoms with E-state index >= 15 is 0 Å². The highest BCUT2D eigenvalue weighted by atomic mass is 31.2. The zero-order valence-electron chi connectivity index (χ0n) is 7.07. The Balaban J connectivity index is 2.51. The summed E-state index contributed by atoms with van der Waals surface area (Å²) in [5, 5.41) is -0.338. The van der Waals surface area contributed by atoms with Crippen LogP contribution in [0.1, 0.15) is 0 Å². The predicted molar refractivity (Wildman–Crippen MR) is 45.5 cm³/mol. The molecule has 0 saturated carbocycles. The first-order valence-electron chi connectivity index (χ1n) is 3.97. The molecule has 0 bridgehead atoms. The fourth-order valence-electron chi connectivity index (χ4n) is 1.20. The van der Waals surface area contributed by atoms with E-state index in [0.717, 1.165) is 6.07 Å². The van der Waals surface area contributed by atoms with Gasteiger partial charge in [0.25, 0.3) is 0 Å². The molecule has 0 unspecified atom stereocenters. The Morgan fingerprint density at radius 2 is 1.86 bits per heavy atom. The van der Waals surface area contributed by atoms with Crippen LogP contribution < -0.4 is 5.30 Å². The van der Waals surface area contributed by atoms with E-state index in [4.69, 9.17) is 9.05 Å². The summed E-state index contributed by atoms with van der Waals surface area (Å²) in [6.07, 6.45) is 0. The molecule has 6 heteroatoms. The largest absolute Gasteiger partial charge is 0.364 e. The zero-order valence-corrected chi connectivity index (χ0v) is 7.97. The van der Waals surface area contributed by atoms with Crippen LogP contribution in [0.2, 0.25) is 0 Å². The molecule has 0 radical (unpaired) electrons. The second-order valence-corrected chi connectivity index (χ2v) is 4.73. The van der Waals surface area contributed by atoms with Gasteiger partial charge in [0.05, 0.1) is 13.2 Å². The monoisotopic (exact) mass is 220 g/mol. The van der Waals surface area contributed by atoms with Crippen molar-refractivity contribution in [1.82, 2.24) is 0 Å². The minimum Gasteiger partial charge on any atom is -0.303 e. The van der Waals surface area contributed by atoms with E-state index in [1.807, 2.05) is 0 Å². The fourth-order valence-corrected chi connectivity index (χ4v) is 2.79. The van der Waals surface area contributed by atoms with Gasteiger partial charge in [-0.05, 0) is 12.1 Å². The van der Waals surface area contributed by atoms with Crippen LogP contribution in [-0.4, -0.2) is 13.2 Å². The molecule has 1 aromatic carbocycles. The Hall–Kier alpha value is -0.770. The van der Waals surface area contributed by atoms with Gasteiger partial charge in [-0.25, -0.2) is 8.78 Å². The number of rotatable bonds is 1. The maximum Gasteiger partial charge on any atom is 0.364 e. The summed E-state index contributed by atoms with van der Waals surface area (Å²) in [6, 6.07) is 3.41. The van der Waals surface area contributed by atoms with Gasteiger partial charge in [0, 0.05) is 0 Å². The lowest BCUT2D eigenvalue weighted by Gasteiger charge is -2.09. The van der Waals surface area contributed by atoms with Crippen LogP contribution in [0.3, 0.4) is 0 Å². The zero-order chi connectivity index (χ0) is 10.2. The molecule has 0 aromatic heterocycles. The van der Waals surface area contributed by atoms with Gasteiger partial charge < -0.3 is 9.05 Å². The van der Waals surface area contributed by atoms with Gasteiger partial charge in [-0.1, -0.05) is 6.07 Å². The molecule has 0 atom stereocenters. The van der Waals surface area contributed by atoms with Crippen LogP contribution in [0.4, 0.5) is 8.78 Å². The van der Waals surface area contributed by atoms with Gasteiger partial charge in [0.2, 0.25) is 0 Å². The van der Waals surface area contributed by atoms with Crippen LogP contribution in [0.5, 0.6) is 0 Å². The Bertz CT molecular complexity index is 398. The summed E-state index contributed by atoms with van der Waals surface area (Å²) in [6.45, 7) is 0.264. The van der Waals surface area contributed by atoms with Gasteiger partial charge in [-0.2, -0.15) is 0 Å². The van der Waals surface area contributed by atoms with E-state index in [-0.39, 0.29) is 18.5 Å². The molecule has 3 nitrogen and oxygen atoms in total. The van der Waals surface area contributed by atoms with Crippen LogP contribution in [0.15, 0.2) is 18.2 Å². The first-order chi connectivity index (χ1) is 6.63. The number of hydrogen-bond acceptors (Lipinski definition) is 3. The summed E-state index contributed by atoms with van der Waals surface area (Å²) in [7, 11) is -3.60. The minimum atomic E-state index is -3.60. The summed E-state index contributed by atoms with van der Waals surface area (Å²) < 4.78 is 47.3. The normalized spacial score (nSPS) is 19.9. The average Bonchev–Trinajstić information content (AvgIpc) is 2.58. The Morgan fingerprint density at radius 1 is 1.21 bits per heavy atom. The second kappa shape index (κ2) is 3.42. The Labute approximate surface area is 79.2 Å². The molecule has 76 valence electrons. The minimum absolute atomic E-state index is 0.132. The topological polar surface area (TPSA) is 35.5 Å². The van der Waals surface area contributed by atoms with E-state index < -0.39 is 19.2 Å². The molecule has 0 amide bonds. The maximum absolute atomic E-state index is 13.2. The Kier molecular flexibility index (Phi) is 2.39. The lowest BCUT2D eigenvalue weighted by Crippen LogP contribution is -2.11. The van der Waals surface area contributed by atoms with Crippen molar-refractivity contribution in [3.8, 4) is 0 Å². The first kappa shape index (κ1) is 9.77. The first-order valence-corrected chi connectivity index (χ1v) is 5.51. The van der Waals surface area contributed by atoms with E-state index in [0.29, 0.717) is 0 Å². The van der Waals surface area contributed by atoms with E-state index in [2.05, 4.69) is 0 Å². The summed E-state index contributed by atoms with van der Waals surface area (Å²) in [5.41, 5.74) is 0. The summed E-state index contributed by atoms with van der Waals surface area (Å²) >= 11 is 0. The van der Waals surface area contributed by atoms with Crippen molar-refractivity contribution >= 4 is 12.9 Å². The molecule has 0 N–H and O–H groups in total. The number of benzene rings is 1. The SMILES string of the molecule is O=P1(c2cccc(F)c2F)OCCO1. The lowest BCUT2D eigenvalue weighted by molar-refractivity contribution is 0.363. The van der Waals surface area contributed by atoms with E-state index in [1.54, 1.807) is 0 Å². The highest BCUT2D eigenvalue weighted by Crippen LogP contribution is 2.51. The molecule has 1 heterocycles. The van der Waals surface area contributed by atoms with Crippen molar-refractivity contribution < 1.29 is 22.4 Å². The van der Waals surface area contributed by atoms with Crippen molar-refractivity contribution in [2.45, 2.75) is 0 Å². The second-order valence-electron chi connectivity index (χ2n) is 2.74. The van der Waals surface area contributed by atoms with Crippen LogP contribution in [0, 0.1) is 11.6 Å². The third-order valence-corrected chi connectivity index (χ3v) is 3.81. The molecule has 0 spiro atoms. The number of halogens is 2. The smallest absolute Gasteiger partial charge is 0.303 e. The molecule has 1 fully saturated rings. The summed E-state index contributed by atoms with van der Waals surface area (Å²) in [4.78, 5) is 0. The van der Waals surface area contributed by atoms with Crippen molar-refractivity contribution in [2.75, 3.05) is 13.2 Å². The van der Waals surface area contributed by atoms with Gasteiger partial charge >= 0.3 is 7.60 Å². The maximum atomic E-state index is 13.2. The van der Waals surface area contributed by atoms with Crippen molar-refractivity contribution in [3.63, 3.8) is 0 Å². The third kappa shape index (κ3) is 1.47. The van der Waals surface area contributed by atoms with Crippen molar-refractivity contribution in [1.29, 1.82) is 0 Å². The Morgan fingerprint density at radius 3 is 2.50 bits per heavy atom. The predicted octanol–water partition coefficient (Wildman–Crippen LogP) is 1.83. The molecule has 1 aliphatic rings. The van der Waals surface area contributed by atoms with E-state index in [1.165, 1.54) is 12.1 Å². The molecular weight excluding hydrogens is 213 g/mol. The lowest BCUT2D eigenvalue weighted by atomic mass is 10.3. The van der Waals surface area contributed by atoms with Gasteiger partial charge in [-0.3, -0.25) is 4.57 Å². The van der Waals surface area contributed by atoms with Gasteiger partial charge in [-0.15, -0.1) is 0 Å². The molecule has 0 aliphatic carbocycles. The highest BCUT2D eigenvalue weighted by Gasteiger charge is 2.36. The van der Waals surface area contributed by atoms with Gasteiger partial charge in [0.15, 0.2) is 11.6 Å². The quantitative estimate of drug-likeness (QED) is 0.677. The molecule has 1 aliphatic heterocycles. The van der Waals surface area contributed by atoms with Gasteiger partial charge in [0.1, 0.15) is 5.30 Å². The molecule has 1 saturated heterocycles. The third-order valence-electron chi connectivity index (χ3n) is 1.83. The van der Waals surface area contributed by atoms with Crippen LogP contribution in [-0.2, 0) is 13.6 Å². The summed E-state index contributed by atoms with van der Waals surface area (Å²) in [5.74, 6) is -2.23.